The topological polar surface area (TPSA) is 90.9 Å². The molecule has 13 heavy (non-hydrogen) atoms. The van der Waals surface area contributed by atoms with E-state index in [9.17, 15) is 4.79 Å². The van der Waals surface area contributed by atoms with Crippen molar-refractivity contribution in [2.24, 2.45) is 0 Å². The predicted molar refractivity (Wildman–Crippen MR) is 42.3 cm³/mol. The summed E-state index contributed by atoms with van der Waals surface area (Å²) in [4.78, 5) is 21.5. The first-order chi connectivity index (χ1) is 6.33. The van der Waals surface area contributed by atoms with Crippen molar-refractivity contribution < 1.29 is 10.0 Å². The molecule has 0 saturated carbocycles. The van der Waals surface area contributed by atoms with Gasteiger partial charge in [0.25, 0.3) is 5.91 Å². The van der Waals surface area contributed by atoms with Gasteiger partial charge in [0, 0.05) is 6.20 Å². The first-order valence-electron chi connectivity index (χ1n) is 3.54. The summed E-state index contributed by atoms with van der Waals surface area (Å²) >= 11 is 0. The molecule has 2 rings (SSSR count). The number of hydrogen-bond donors (Lipinski definition) is 3. The van der Waals surface area contributed by atoms with Crippen molar-refractivity contribution >= 4 is 5.91 Å². The average molecular weight is 178 g/mol. The van der Waals surface area contributed by atoms with Crippen LogP contribution in [-0.4, -0.2) is 26.1 Å². The molecule has 2 aliphatic heterocycles. The summed E-state index contributed by atoms with van der Waals surface area (Å²) in [7, 11) is 0. The molecule has 2 heterocycles. The molecular formula is C7H6N4O2. The molecule has 0 saturated heterocycles. The number of fused-ring (bicyclic) bond motifs is 1. The highest BCUT2D eigenvalue weighted by molar-refractivity contribution is 5.99. The Morgan fingerprint density at radius 3 is 3.15 bits per heavy atom. The third-order valence-corrected chi connectivity index (χ3v) is 1.68. The summed E-state index contributed by atoms with van der Waals surface area (Å²) in [5.41, 5.74) is 2.97. The second-order valence-electron chi connectivity index (χ2n) is 2.42. The number of carbonyl (C=O) groups is 1. The van der Waals surface area contributed by atoms with Crippen molar-refractivity contribution in [3.05, 3.63) is 24.3 Å². The van der Waals surface area contributed by atoms with E-state index < -0.39 is 5.91 Å². The molecule has 2 aliphatic rings. The normalized spacial score (nSPS) is 10.2. The number of rotatable bonds is 1. The van der Waals surface area contributed by atoms with Gasteiger partial charge in [0.1, 0.15) is 5.69 Å². The standard InChI is InChI=1S/C7H6N4O2/c12-7(11-13)4-1-9-5-2-8-3-10-6(4)5/h1-3,13H,(H,8,10)(H,11,12). The average Bonchev–Trinajstić information content (AvgIpc) is 2.60. The van der Waals surface area contributed by atoms with Gasteiger partial charge in [0.2, 0.25) is 0 Å². The van der Waals surface area contributed by atoms with Crippen LogP contribution in [0.4, 0.5) is 0 Å². The number of aromatic nitrogens is 3. The molecule has 0 aliphatic carbocycles. The summed E-state index contributed by atoms with van der Waals surface area (Å²) in [6.45, 7) is 0. The maximum atomic E-state index is 11.0. The van der Waals surface area contributed by atoms with Crippen LogP contribution in [0.25, 0.3) is 11.4 Å². The van der Waals surface area contributed by atoms with Gasteiger partial charge in [0.15, 0.2) is 0 Å². The van der Waals surface area contributed by atoms with E-state index in [0.717, 1.165) is 0 Å². The molecule has 0 aromatic rings. The zero-order chi connectivity index (χ0) is 9.26. The van der Waals surface area contributed by atoms with Gasteiger partial charge >= 0.3 is 0 Å². The molecule has 66 valence electrons. The maximum Gasteiger partial charge on any atom is 0.278 e. The molecule has 0 aromatic carbocycles. The molecule has 6 heteroatoms. The molecule has 0 fully saturated rings. The van der Waals surface area contributed by atoms with Crippen LogP contribution in [-0.2, 0) is 0 Å². The van der Waals surface area contributed by atoms with Crippen LogP contribution >= 0.6 is 0 Å². The second-order valence-corrected chi connectivity index (χ2v) is 2.42. The summed E-state index contributed by atoms with van der Waals surface area (Å²) in [6.07, 6.45) is 4.34. The highest BCUT2D eigenvalue weighted by Crippen LogP contribution is 2.20. The number of H-pyrrole nitrogens is 1. The first-order valence-corrected chi connectivity index (χ1v) is 3.54. The Morgan fingerprint density at radius 2 is 2.38 bits per heavy atom. The van der Waals surface area contributed by atoms with Gasteiger partial charge in [-0.05, 0) is 0 Å². The summed E-state index contributed by atoms with van der Waals surface area (Å²) in [5.74, 6) is -0.593. The minimum atomic E-state index is -0.593. The van der Waals surface area contributed by atoms with Gasteiger partial charge < -0.3 is 4.98 Å². The van der Waals surface area contributed by atoms with Gasteiger partial charge in [-0.1, -0.05) is 0 Å². The number of amides is 1. The molecule has 0 unspecified atom stereocenters. The van der Waals surface area contributed by atoms with Crippen LogP contribution < -0.4 is 5.48 Å². The van der Waals surface area contributed by atoms with Crippen molar-refractivity contribution in [3.63, 3.8) is 0 Å². The summed E-state index contributed by atoms with van der Waals surface area (Å²) in [5, 5.41) is 8.41. The fraction of sp³-hybridized carbons (Fsp3) is 0. The summed E-state index contributed by atoms with van der Waals surface area (Å²) < 4.78 is 0. The van der Waals surface area contributed by atoms with Gasteiger partial charge in [-0.15, -0.1) is 0 Å². The third-order valence-electron chi connectivity index (χ3n) is 1.68. The molecule has 0 bridgehead atoms. The van der Waals surface area contributed by atoms with E-state index in [-0.39, 0.29) is 0 Å². The number of carbonyl (C=O) groups excluding carboxylic acids is 1. The van der Waals surface area contributed by atoms with Gasteiger partial charge in [-0.2, -0.15) is 0 Å². The molecule has 1 amide bonds. The fourth-order valence-electron chi connectivity index (χ4n) is 1.09. The third kappa shape index (κ3) is 1.13. The minimum absolute atomic E-state index is 0.292. The molecule has 0 spiro atoms. The van der Waals surface area contributed by atoms with Gasteiger partial charge in [-0.3, -0.25) is 15.0 Å². The molecular weight excluding hydrogens is 172 g/mol. The van der Waals surface area contributed by atoms with Gasteiger partial charge in [-0.25, -0.2) is 10.5 Å². The lowest BCUT2D eigenvalue weighted by atomic mass is 10.2. The number of nitrogens with zero attached hydrogens (tertiary/aromatic N) is 2. The monoisotopic (exact) mass is 178 g/mol. The number of nitrogens with one attached hydrogen (secondary N) is 2. The lowest BCUT2D eigenvalue weighted by Crippen LogP contribution is -2.18. The fourth-order valence-corrected chi connectivity index (χ4v) is 1.09. The van der Waals surface area contributed by atoms with E-state index in [4.69, 9.17) is 5.21 Å². The Hall–Kier alpha value is -1.95. The van der Waals surface area contributed by atoms with Crippen molar-refractivity contribution in [2.45, 2.75) is 0 Å². The highest BCUT2D eigenvalue weighted by atomic mass is 16.5. The summed E-state index contributed by atoms with van der Waals surface area (Å²) in [6, 6.07) is 0. The number of hydrogen-bond acceptors (Lipinski definition) is 4. The lowest BCUT2D eigenvalue weighted by molar-refractivity contribution is 0.0707. The molecule has 0 aromatic heterocycles. The van der Waals surface area contributed by atoms with Gasteiger partial charge in [0.05, 0.1) is 23.8 Å². The van der Waals surface area contributed by atoms with E-state index in [1.165, 1.54) is 18.7 Å². The van der Waals surface area contributed by atoms with E-state index in [2.05, 4.69) is 15.0 Å². The van der Waals surface area contributed by atoms with Crippen LogP contribution in [0.15, 0.2) is 18.7 Å². The lowest BCUT2D eigenvalue weighted by Gasteiger charge is -1.98. The molecule has 0 atom stereocenters. The zero-order valence-corrected chi connectivity index (χ0v) is 6.48. The molecule has 3 N–H and O–H groups in total. The van der Waals surface area contributed by atoms with E-state index in [0.29, 0.717) is 17.0 Å². The Morgan fingerprint density at radius 1 is 1.54 bits per heavy atom. The van der Waals surface area contributed by atoms with Crippen LogP contribution in [0, 0.1) is 0 Å². The Kier molecular flexibility index (Phi) is 1.67. The predicted octanol–water partition coefficient (Wildman–Crippen LogP) is 0.0285. The zero-order valence-electron chi connectivity index (χ0n) is 6.48. The molecule has 6 nitrogen and oxygen atoms in total. The first kappa shape index (κ1) is 7.69. The SMILES string of the molecule is O=C(NO)c1cnc2cnc[nH]c1-2. The second kappa shape index (κ2) is 2.83. The Labute approximate surface area is 72.9 Å². The maximum absolute atomic E-state index is 11.0. The van der Waals surface area contributed by atoms with Crippen molar-refractivity contribution in [2.75, 3.05) is 0 Å². The Bertz CT molecular complexity index is 411. The Balaban J connectivity index is 2.55. The largest absolute Gasteiger partial charge is 0.344 e. The quantitative estimate of drug-likeness (QED) is 0.424. The minimum Gasteiger partial charge on any atom is -0.344 e. The van der Waals surface area contributed by atoms with Crippen LogP contribution in [0.5, 0.6) is 0 Å². The van der Waals surface area contributed by atoms with Crippen LogP contribution in [0.3, 0.4) is 0 Å². The van der Waals surface area contributed by atoms with Crippen LogP contribution in [0.2, 0.25) is 0 Å². The highest BCUT2D eigenvalue weighted by Gasteiger charge is 2.16. The van der Waals surface area contributed by atoms with E-state index in [1.807, 2.05) is 0 Å². The van der Waals surface area contributed by atoms with Crippen molar-refractivity contribution in [1.29, 1.82) is 0 Å². The molecule has 0 radical (unpaired) electrons. The van der Waals surface area contributed by atoms with Crippen LogP contribution in [0.1, 0.15) is 10.4 Å². The smallest absolute Gasteiger partial charge is 0.278 e. The van der Waals surface area contributed by atoms with E-state index in [1.54, 1.807) is 5.48 Å². The van der Waals surface area contributed by atoms with Crippen molar-refractivity contribution in [1.82, 2.24) is 20.4 Å². The number of aromatic amines is 1. The van der Waals surface area contributed by atoms with Crippen molar-refractivity contribution in [3.8, 4) is 11.4 Å². The number of hydroxylamine groups is 1. The van der Waals surface area contributed by atoms with E-state index >= 15 is 0 Å².